The van der Waals surface area contributed by atoms with E-state index in [0.717, 1.165) is 18.9 Å². The van der Waals surface area contributed by atoms with Crippen LogP contribution in [-0.2, 0) is 4.74 Å². The number of amides is 1. The highest BCUT2D eigenvalue weighted by Crippen LogP contribution is 2.08. The first-order valence-corrected chi connectivity index (χ1v) is 7.68. The van der Waals surface area contributed by atoms with E-state index in [1.54, 1.807) is 11.9 Å². The molecule has 0 aliphatic heterocycles. The molecule has 6 nitrogen and oxygen atoms in total. The molecule has 0 saturated heterocycles. The zero-order valence-electron chi connectivity index (χ0n) is 15.0. The van der Waals surface area contributed by atoms with Gasteiger partial charge in [-0.15, -0.1) is 24.0 Å². The standard InChI is InChI=1S/C15H32N4O2.HI/c1-8-12(3)18-13(16-9-2)17-10-11-19(7)14(20)21-15(4,5)6;/h12H,8-11H2,1-7H3,(H2,16,17,18);1H. The number of guanidine groups is 1. The maximum atomic E-state index is 11.8. The van der Waals surface area contributed by atoms with Crippen LogP contribution in [0.5, 0.6) is 0 Å². The monoisotopic (exact) mass is 428 g/mol. The van der Waals surface area contributed by atoms with E-state index < -0.39 is 5.60 Å². The lowest BCUT2D eigenvalue weighted by Gasteiger charge is -2.24. The van der Waals surface area contributed by atoms with Gasteiger partial charge in [0, 0.05) is 26.2 Å². The molecule has 0 radical (unpaired) electrons. The van der Waals surface area contributed by atoms with E-state index >= 15 is 0 Å². The van der Waals surface area contributed by atoms with Gasteiger partial charge in [0.1, 0.15) is 5.60 Å². The number of nitrogens with one attached hydrogen (secondary N) is 2. The molecule has 1 unspecified atom stereocenters. The smallest absolute Gasteiger partial charge is 0.410 e. The highest BCUT2D eigenvalue weighted by atomic mass is 127. The van der Waals surface area contributed by atoms with Crippen LogP contribution in [0.4, 0.5) is 4.79 Å². The minimum Gasteiger partial charge on any atom is -0.444 e. The van der Waals surface area contributed by atoms with E-state index in [-0.39, 0.29) is 30.1 Å². The van der Waals surface area contributed by atoms with Crippen molar-refractivity contribution in [3.63, 3.8) is 0 Å². The van der Waals surface area contributed by atoms with Crippen LogP contribution in [0.25, 0.3) is 0 Å². The summed E-state index contributed by atoms with van der Waals surface area (Å²) in [7, 11) is 1.72. The van der Waals surface area contributed by atoms with Gasteiger partial charge in [0.15, 0.2) is 5.96 Å². The molecule has 2 N–H and O–H groups in total. The maximum absolute atomic E-state index is 11.8. The fraction of sp³-hybridized carbons (Fsp3) is 0.867. The van der Waals surface area contributed by atoms with Crippen molar-refractivity contribution < 1.29 is 9.53 Å². The Kier molecular flexibility index (Phi) is 12.6. The van der Waals surface area contributed by atoms with Gasteiger partial charge in [-0.3, -0.25) is 4.99 Å². The van der Waals surface area contributed by atoms with Gasteiger partial charge in [0.05, 0.1) is 6.54 Å². The molecular weight excluding hydrogens is 395 g/mol. The summed E-state index contributed by atoms with van der Waals surface area (Å²) in [5, 5.41) is 6.51. The molecule has 0 heterocycles. The number of aliphatic imine (C=N–C) groups is 1. The molecule has 0 aliphatic rings. The molecule has 1 atom stereocenters. The van der Waals surface area contributed by atoms with Crippen molar-refractivity contribution in [1.29, 1.82) is 0 Å². The van der Waals surface area contributed by atoms with Crippen LogP contribution in [0.1, 0.15) is 48.0 Å². The van der Waals surface area contributed by atoms with E-state index in [9.17, 15) is 4.79 Å². The minimum absolute atomic E-state index is 0. The van der Waals surface area contributed by atoms with E-state index in [1.807, 2.05) is 27.7 Å². The van der Waals surface area contributed by atoms with E-state index in [1.165, 1.54) is 0 Å². The van der Waals surface area contributed by atoms with Crippen LogP contribution in [-0.4, -0.2) is 55.3 Å². The molecular formula is C15H33IN4O2. The topological polar surface area (TPSA) is 66.0 Å². The molecule has 7 heteroatoms. The number of rotatable bonds is 6. The molecule has 1 amide bonds. The Balaban J connectivity index is 0. The summed E-state index contributed by atoms with van der Waals surface area (Å²) < 4.78 is 5.29. The Labute approximate surface area is 152 Å². The molecule has 0 aromatic carbocycles. The average Bonchev–Trinajstić information content (AvgIpc) is 2.36. The lowest BCUT2D eigenvalue weighted by atomic mass is 10.2. The first kappa shape index (κ1) is 23.5. The second-order valence-electron chi connectivity index (χ2n) is 6.12. The first-order chi connectivity index (χ1) is 9.69. The third kappa shape index (κ3) is 11.9. The van der Waals surface area contributed by atoms with Crippen LogP contribution >= 0.6 is 24.0 Å². The van der Waals surface area contributed by atoms with Crippen molar-refractivity contribution in [2.45, 2.75) is 59.6 Å². The van der Waals surface area contributed by atoms with Crippen LogP contribution in [0.15, 0.2) is 4.99 Å². The highest BCUT2D eigenvalue weighted by Gasteiger charge is 2.19. The van der Waals surface area contributed by atoms with E-state index in [4.69, 9.17) is 4.74 Å². The lowest BCUT2D eigenvalue weighted by molar-refractivity contribution is 0.0304. The lowest BCUT2D eigenvalue weighted by Crippen LogP contribution is -2.42. The number of nitrogens with zero attached hydrogens (tertiary/aromatic N) is 2. The zero-order valence-corrected chi connectivity index (χ0v) is 17.4. The van der Waals surface area contributed by atoms with Crippen LogP contribution in [0.3, 0.4) is 0 Å². The maximum Gasteiger partial charge on any atom is 0.410 e. The predicted molar refractivity (Wildman–Crippen MR) is 103 cm³/mol. The van der Waals surface area contributed by atoms with Gasteiger partial charge in [0.2, 0.25) is 0 Å². The largest absolute Gasteiger partial charge is 0.444 e. The van der Waals surface area contributed by atoms with Gasteiger partial charge in [0.25, 0.3) is 0 Å². The second-order valence-corrected chi connectivity index (χ2v) is 6.12. The van der Waals surface area contributed by atoms with Gasteiger partial charge >= 0.3 is 6.09 Å². The summed E-state index contributed by atoms with van der Waals surface area (Å²) in [6, 6.07) is 0.367. The third-order valence-corrected chi connectivity index (χ3v) is 2.75. The number of carbonyl (C=O) groups is 1. The summed E-state index contributed by atoms with van der Waals surface area (Å²) in [4.78, 5) is 17.8. The summed E-state index contributed by atoms with van der Waals surface area (Å²) in [6.45, 7) is 13.7. The van der Waals surface area contributed by atoms with Gasteiger partial charge in [-0.1, -0.05) is 6.92 Å². The number of hydrogen-bond donors (Lipinski definition) is 2. The quantitative estimate of drug-likeness (QED) is 0.388. The van der Waals surface area contributed by atoms with Crippen molar-refractivity contribution in [3.8, 4) is 0 Å². The van der Waals surface area contributed by atoms with Crippen molar-refractivity contribution in [2.75, 3.05) is 26.7 Å². The zero-order chi connectivity index (χ0) is 16.5. The van der Waals surface area contributed by atoms with Crippen LogP contribution in [0.2, 0.25) is 0 Å². The molecule has 0 bridgehead atoms. The summed E-state index contributed by atoms with van der Waals surface area (Å²) >= 11 is 0. The van der Waals surface area contributed by atoms with Crippen molar-refractivity contribution in [2.24, 2.45) is 4.99 Å². The summed E-state index contributed by atoms with van der Waals surface area (Å²) in [6.07, 6.45) is 0.708. The molecule has 22 heavy (non-hydrogen) atoms. The van der Waals surface area contributed by atoms with Gasteiger partial charge < -0.3 is 20.3 Å². The Bertz CT molecular complexity index is 343. The molecule has 0 aromatic heterocycles. The SMILES string of the molecule is CCNC(=NCCN(C)C(=O)OC(C)(C)C)NC(C)CC.I. The van der Waals surface area contributed by atoms with Gasteiger partial charge in [-0.25, -0.2) is 4.79 Å². The molecule has 132 valence electrons. The number of carbonyl (C=O) groups excluding carboxylic acids is 1. The molecule has 0 spiro atoms. The van der Waals surface area contributed by atoms with Crippen LogP contribution < -0.4 is 10.6 Å². The molecule has 0 rings (SSSR count). The average molecular weight is 428 g/mol. The number of ether oxygens (including phenoxy) is 1. The van der Waals surface area contributed by atoms with Crippen LogP contribution in [0, 0.1) is 0 Å². The number of halogens is 1. The highest BCUT2D eigenvalue weighted by molar-refractivity contribution is 14.0. The van der Waals surface area contributed by atoms with Gasteiger partial charge in [-0.05, 0) is 41.0 Å². The Morgan fingerprint density at radius 2 is 1.91 bits per heavy atom. The van der Waals surface area contributed by atoms with E-state index in [2.05, 4.69) is 29.5 Å². The number of hydrogen-bond acceptors (Lipinski definition) is 3. The molecule has 0 fully saturated rings. The molecule has 0 aliphatic carbocycles. The van der Waals surface area contributed by atoms with Crippen molar-refractivity contribution >= 4 is 36.0 Å². The Morgan fingerprint density at radius 3 is 2.36 bits per heavy atom. The Morgan fingerprint density at radius 1 is 1.32 bits per heavy atom. The fourth-order valence-corrected chi connectivity index (χ4v) is 1.40. The molecule has 0 saturated carbocycles. The fourth-order valence-electron chi connectivity index (χ4n) is 1.40. The third-order valence-electron chi connectivity index (χ3n) is 2.75. The minimum atomic E-state index is -0.471. The van der Waals surface area contributed by atoms with Crippen molar-refractivity contribution in [3.05, 3.63) is 0 Å². The Hall–Kier alpha value is -0.730. The second kappa shape index (κ2) is 11.8. The number of likely N-dealkylation sites (N-methyl/N-ethyl adjacent to an activating group) is 1. The summed E-state index contributed by atoms with van der Waals surface area (Å²) in [5.41, 5.74) is -0.471. The molecule has 0 aromatic rings. The normalized spacial score (nSPS) is 13.0. The summed E-state index contributed by atoms with van der Waals surface area (Å²) in [5.74, 6) is 0.782. The van der Waals surface area contributed by atoms with Gasteiger partial charge in [-0.2, -0.15) is 0 Å². The predicted octanol–water partition coefficient (Wildman–Crippen LogP) is 2.82. The first-order valence-electron chi connectivity index (χ1n) is 7.68. The van der Waals surface area contributed by atoms with E-state index in [0.29, 0.717) is 19.1 Å². The van der Waals surface area contributed by atoms with Crippen molar-refractivity contribution in [1.82, 2.24) is 15.5 Å².